The lowest BCUT2D eigenvalue weighted by atomic mass is 10.1. The average Bonchev–Trinajstić information content (AvgIpc) is 2.49. The highest BCUT2D eigenvalue weighted by molar-refractivity contribution is 9.10. The molecule has 0 aliphatic rings. The number of aromatic carboxylic acids is 1. The van der Waals surface area contributed by atoms with Gasteiger partial charge in [-0.05, 0) is 34.1 Å². The fourth-order valence-corrected chi connectivity index (χ4v) is 2.42. The van der Waals surface area contributed by atoms with Crippen molar-refractivity contribution in [2.75, 3.05) is 0 Å². The van der Waals surface area contributed by atoms with Crippen LogP contribution in [-0.4, -0.2) is 16.1 Å². The molecule has 0 spiro atoms. The van der Waals surface area contributed by atoms with Gasteiger partial charge >= 0.3 is 5.97 Å². The molecule has 21 heavy (non-hydrogen) atoms. The number of fused-ring (bicyclic) bond motifs is 1. The Labute approximate surface area is 129 Å². The Morgan fingerprint density at radius 1 is 1.05 bits per heavy atom. The molecule has 0 amide bonds. The summed E-state index contributed by atoms with van der Waals surface area (Å²) in [5.41, 5.74) is 0.157. The van der Waals surface area contributed by atoms with Crippen molar-refractivity contribution in [3.8, 4) is 11.6 Å². The van der Waals surface area contributed by atoms with E-state index in [1.807, 2.05) is 30.3 Å². The fraction of sp³-hybridized carbons (Fsp3) is 0. The maximum Gasteiger partial charge on any atom is 0.337 e. The van der Waals surface area contributed by atoms with Crippen LogP contribution in [0.15, 0.2) is 59.2 Å². The number of carboxylic acids is 1. The van der Waals surface area contributed by atoms with Crippen LogP contribution >= 0.6 is 15.9 Å². The van der Waals surface area contributed by atoms with Gasteiger partial charge in [0.2, 0.25) is 5.88 Å². The van der Waals surface area contributed by atoms with Crippen molar-refractivity contribution in [3.63, 3.8) is 0 Å². The highest BCUT2D eigenvalue weighted by Crippen LogP contribution is 2.33. The van der Waals surface area contributed by atoms with Crippen LogP contribution in [-0.2, 0) is 0 Å². The summed E-state index contributed by atoms with van der Waals surface area (Å²) in [6.07, 6.45) is 1.32. The van der Waals surface area contributed by atoms with Gasteiger partial charge in [-0.1, -0.05) is 30.3 Å². The Morgan fingerprint density at radius 3 is 2.43 bits per heavy atom. The summed E-state index contributed by atoms with van der Waals surface area (Å²) < 4.78 is 6.61. The van der Waals surface area contributed by atoms with E-state index in [-0.39, 0.29) is 5.56 Å². The van der Waals surface area contributed by atoms with Gasteiger partial charge < -0.3 is 9.84 Å². The number of aromatic nitrogens is 1. The quantitative estimate of drug-likeness (QED) is 0.761. The Kier molecular flexibility index (Phi) is 3.58. The summed E-state index contributed by atoms with van der Waals surface area (Å²) in [6, 6.07) is 14.6. The normalized spacial score (nSPS) is 10.5. The van der Waals surface area contributed by atoms with E-state index in [2.05, 4.69) is 20.9 Å². The molecular formula is C16H10BrNO3. The topological polar surface area (TPSA) is 59.4 Å². The first-order chi connectivity index (χ1) is 10.2. The van der Waals surface area contributed by atoms with Gasteiger partial charge in [0.05, 0.1) is 10.0 Å². The van der Waals surface area contributed by atoms with Gasteiger partial charge in [0.1, 0.15) is 5.75 Å². The lowest BCUT2D eigenvalue weighted by molar-refractivity contribution is 0.0698. The minimum atomic E-state index is -1.01. The molecule has 0 radical (unpaired) electrons. The summed E-state index contributed by atoms with van der Waals surface area (Å²) in [6.45, 7) is 0. The Balaban J connectivity index is 2.14. The summed E-state index contributed by atoms with van der Waals surface area (Å²) in [4.78, 5) is 15.4. The van der Waals surface area contributed by atoms with E-state index < -0.39 is 5.97 Å². The van der Waals surface area contributed by atoms with Crippen LogP contribution in [0.3, 0.4) is 0 Å². The summed E-state index contributed by atoms with van der Waals surface area (Å²) in [5.74, 6) is -0.00753. The first kappa shape index (κ1) is 13.6. The van der Waals surface area contributed by atoms with E-state index in [1.165, 1.54) is 6.20 Å². The number of carbonyl (C=O) groups is 1. The molecule has 0 aliphatic heterocycles. The molecule has 4 nitrogen and oxygen atoms in total. The SMILES string of the molecule is O=C(O)c1cnc(Oc2ccccc2Br)c2ccccc12. The van der Waals surface area contributed by atoms with Crippen LogP contribution in [0.4, 0.5) is 0 Å². The second-order valence-corrected chi connectivity index (χ2v) is 5.21. The zero-order valence-corrected chi connectivity index (χ0v) is 12.4. The first-order valence-electron chi connectivity index (χ1n) is 6.20. The molecule has 0 fully saturated rings. The number of pyridine rings is 1. The zero-order valence-electron chi connectivity index (χ0n) is 10.8. The largest absolute Gasteiger partial charge is 0.478 e. The van der Waals surface area contributed by atoms with E-state index in [0.29, 0.717) is 22.4 Å². The molecule has 1 N–H and O–H groups in total. The van der Waals surface area contributed by atoms with E-state index in [9.17, 15) is 9.90 Å². The van der Waals surface area contributed by atoms with Crippen LogP contribution in [0.25, 0.3) is 10.8 Å². The predicted molar refractivity (Wildman–Crippen MR) is 82.9 cm³/mol. The smallest absolute Gasteiger partial charge is 0.337 e. The van der Waals surface area contributed by atoms with Crippen molar-refractivity contribution in [3.05, 3.63) is 64.8 Å². The van der Waals surface area contributed by atoms with Gasteiger partial charge in [0.15, 0.2) is 0 Å². The van der Waals surface area contributed by atoms with Crippen LogP contribution in [0.5, 0.6) is 11.6 Å². The monoisotopic (exact) mass is 343 g/mol. The van der Waals surface area contributed by atoms with E-state index >= 15 is 0 Å². The van der Waals surface area contributed by atoms with Gasteiger partial charge in [-0.15, -0.1) is 0 Å². The number of hydrogen-bond donors (Lipinski definition) is 1. The maximum absolute atomic E-state index is 11.3. The molecule has 2 aromatic carbocycles. The molecule has 0 saturated carbocycles. The number of ether oxygens (including phenoxy) is 1. The zero-order chi connectivity index (χ0) is 14.8. The van der Waals surface area contributed by atoms with Crippen LogP contribution in [0.2, 0.25) is 0 Å². The molecule has 0 saturated heterocycles. The number of halogens is 1. The minimum Gasteiger partial charge on any atom is -0.478 e. The van der Waals surface area contributed by atoms with E-state index in [0.717, 1.165) is 4.47 Å². The molecule has 1 heterocycles. The molecule has 3 aromatic rings. The highest BCUT2D eigenvalue weighted by Gasteiger charge is 2.14. The lowest BCUT2D eigenvalue weighted by Crippen LogP contribution is -2.00. The van der Waals surface area contributed by atoms with Crippen molar-refractivity contribution >= 4 is 32.7 Å². The van der Waals surface area contributed by atoms with Gasteiger partial charge in [-0.2, -0.15) is 0 Å². The second kappa shape index (κ2) is 5.54. The second-order valence-electron chi connectivity index (χ2n) is 4.36. The number of nitrogens with zero attached hydrogens (tertiary/aromatic N) is 1. The summed E-state index contributed by atoms with van der Waals surface area (Å²) in [7, 11) is 0. The molecule has 5 heteroatoms. The Bertz CT molecular complexity index is 833. The molecule has 0 atom stereocenters. The minimum absolute atomic E-state index is 0.157. The summed E-state index contributed by atoms with van der Waals surface area (Å²) in [5, 5.41) is 10.5. The fourth-order valence-electron chi connectivity index (χ4n) is 2.05. The first-order valence-corrected chi connectivity index (χ1v) is 6.99. The van der Waals surface area contributed by atoms with Crippen molar-refractivity contribution in [1.29, 1.82) is 0 Å². The lowest BCUT2D eigenvalue weighted by Gasteiger charge is -2.10. The van der Waals surface area contributed by atoms with Gasteiger partial charge in [-0.3, -0.25) is 0 Å². The number of rotatable bonds is 3. The Morgan fingerprint density at radius 2 is 1.71 bits per heavy atom. The van der Waals surface area contributed by atoms with Gasteiger partial charge in [0, 0.05) is 17.0 Å². The molecule has 0 aliphatic carbocycles. The van der Waals surface area contributed by atoms with Gasteiger partial charge in [-0.25, -0.2) is 9.78 Å². The molecule has 1 aromatic heterocycles. The van der Waals surface area contributed by atoms with Crippen molar-refractivity contribution in [2.24, 2.45) is 0 Å². The molecule has 0 unspecified atom stereocenters. The third-order valence-corrected chi connectivity index (χ3v) is 3.69. The Hall–Kier alpha value is -2.40. The maximum atomic E-state index is 11.3. The highest BCUT2D eigenvalue weighted by atomic mass is 79.9. The van der Waals surface area contributed by atoms with Crippen LogP contribution < -0.4 is 4.74 Å². The average molecular weight is 344 g/mol. The van der Waals surface area contributed by atoms with Crippen LogP contribution in [0, 0.1) is 0 Å². The predicted octanol–water partition coefficient (Wildman–Crippen LogP) is 4.49. The molecule has 3 rings (SSSR count). The third kappa shape index (κ3) is 2.60. The van der Waals surface area contributed by atoms with E-state index in [1.54, 1.807) is 18.2 Å². The number of hydrogen-bond acceptors (Lipinski definition) is 3. The number of para-hydroxylation sites is 1. The molecule has 0 bridgehead atoms. The standard InChI is InChI=1S/C16H10BrNO3/c17-13-7-3-4-8-14(13)21-15-11-6-2-1-5-10(11)12(9-18-15)16(19)20/h1-9H,(H,19,20). The van der Waals surface area contributed by atoms with Crippen molar-refractivity contribution in [2.45, 2.75) is 0 Å². The van der Waals surface area contributed by atoms with E-state index in [4.69, 9.17) is 4.74 Å². The van der Waals surface area contributed by atoms with Crippen molar-refractivity contribution < 1.29 is 14.6 Å². The molecule has 104 valence electrons. The third-order valence-electron chi connectivity index (χ3n) is 3.03. The van der Waals surface area contributed by atoms with Crippen molar-refractivity contribution in [1.82, 2.24) is 4.98 Å². The number of benzene rings is 2. The summed E-state index contributed by atoms with van der Waals surface area (Å²) >= 11 is 3.41. The van der Waals surface area contributed by atoms with Crippen LogP contribution in [0.1, 0.15) is 10.4 Å². The number of carboxylic acid groups (broad SMARTS) is 1. The molecular weight excluding hydrogens is 334 g/mol. The van der Waals surface area contributed by atoms with Gasteiger partial charge in [0.25, 0.3) is 0 Å².